The van der Waals surface area contributed by atoms with E-state index in [0.29, 0.717) is 0 Å². The first-order valence-corrected chi connectivity index (χ1v) is 7.67. The molecule has 0 saturated heterocycles. The summed E-state index contributed by atoms with van der Waals surface area (Å²) in [5.74, 6) is -0.892. The Morgan fingerprint density at radius 3 is 2.41 bits per heavy atom. The van der Waals surface area contributed by atoms with Gasteiger partial charge in [0.05, 0.1) is 11.3 Å². The fourth-order valence-electron chi connectivity index (χ4n) is 1.83. The second-order valence-corrected chi connectivity index (χ2v) is 6.15. The molecule has 2 rings (SSSR count). The van der Waals surface area contributed by atoms with Crippen LogP contribution in [0.5, 0.6) is 0 Å². The molecule has 9 heteroatoms. The molecule has 118 valence electrons. The molecule has 0 aliphatic carbocycles. The highest BCUT2D eigenvalue weighted by Crippen LogP contribution is 2.32. The van der Waals surface area contributed by atoms with Gasteiger partial charge in [0.25, 0.3) is 5.56 Å². The van der Waals surface area contributed by atoms with Gasteiger partial charge in [-0.3, -0.25) is 9.52 Å². The van der Waals surface area contributed by atoms with Crippen LogP contribution in [0.15, 0.2) is 47.4 Å². The summed E-state index contributed by atoms with van der Waals surface area (Å²) in [5, 5.41) is 0. The van der Waals surface area contributed by atoms with Gasteiger partial charge in [-0.1, -0.05) is 18.2 Å². The van der Waals surface area contributed by atoms with Crippen molar-refractivity contribution in [3.05, 3.63) is 64.1 Å². The van der Waals surface area contributed by atoms with E-state index in [1.807, 2.05) is 4.72 Å². The third kappa shape index (κ3) is 3.88. The van der Waals surface area contributed by atoms with Crippen molar-refractivity contribution in [3.63, 3.8) is 0 Å². The highest BCUT2D eigenvalue weighted by atomic mass is 32.2. The Labute approximate surface area is 123 Å². The number of hydrogen-bond acceptors (Lipinski definition) is 3. The molecular formula is C13H11F3N2O3S. The number of hydrogen-bond donors (Lipinski definition) is 2. The molecule has 2 N–H and O–H groups in total. The van der Waals surface area contributed by atoms with Crippen LogP contribution < -0.4 is 10.3 Å². The van der Waals surface area contributed by atoms with E-state index in [1.165, 1.54) is 30.5 Å². The Bertz CT molecular complexity index is 829. The average molecular weight is 332 g/mol. The Hall–Kier alpha value is -2.29. The van der Waals surface area contributed by atoms with Crippen LogP contribution in [0.1, 0.15) is 11.1 Å². The van der Waals surface area contributed by atoms with E-state index in [-0.39, 0.29) is 5.69 Å². The molecule has 0 atom stereocenters. The Kier molecular flexibility index (Phi) is 4.27. The van der Waals surface area contributed by atoms with E-state index in [4.69, 9.17) is 0 Å². The van der Waals surface area contributed by atoms with Crippen molar-refractivity contribution in [1.29, 1.82) is 0 Å². The molecule has 1 aromatic carbocycles. The summed E-state index contributed by atoms with van der Waals surface area (Å²) in [4.78, 5) is 13.7. The quantitative estimate of drug-likeness (QED) is 0.902. The molecule has 5 nitrogen and oxygen atoms in total. The van der Waals surface area contributed by atoms with Crippen LogP contribution in [0.4, 0.5) is 18.9 Å². The van der Waals surface area contributed by atoms with E-state index in [9.17, 15) is 26.4 Å². The standard InChI is InChI=1S/C13H11F3N2O3S/c14-13(15,16)10-5-2-1-4-9(10)8-22(20,21)18-11-6-3-7-17-12(11)19/h1-7,18H,8H2,(H,17,19). The molecule has 0 spiro atoms. The lowest BCUT2D eigenvalue weighted by atomic mass is 10.1. The van der Waals surface area contributed by atoms with Crippen LogP contribution in [0.2, 0.25) is 0 Å². The Morgan fingerprint density at radius 1 is 1.09 bits per heavy atom. The molecule has 0 aliphatic heterocycles. The number of benzene rings is 1. The first-order valence-electron chi connectivity index (χ1n) is 6.02. The molecule has 2 aromatic rings. The zero-order chi connectivity index (χ0) is 16.4. The minimum Gasteiger partial charge on any atom is -0.327 e. The topological polar surface area (TPSA) is 79.0 Å². The maximum Gasteiger partial charge on any atom is 0.416 e. The smallest absolute Gasteiger partial charge is 0.327 e. The van der Waals surface area contributed by atoms with E-state index >= 15 is 0 Å². The van der Waals surface area contributed by atoms with Gasteiger partial charge < -0.3 is 4.98 Å². The zero-order valence-corrected chi connectivity index (χ0v) is 11.8. The lowest BCUT2D eigenvalue weighted by Gasteiger charge is -2.13. The summed E-state index contributed by atoms with van der Waals surface area (Å²) in [7, 11) is -4.16. The van der Waals surface area contributed by atoms with E-state index in [0.717, 1.165) is 12.1 Å². The molecule has 0 unspecified atom stereocenters. The second-order valence-electron chi connectivity index (χ2n) is 4.43. The highest BCUT2D eigenvalue weighted by molar-refractivity contribution is 7.91. The van der Waals surface area contributed by atoms with E-state index < -0.39 is 38.6 Å². The van der Waals surface area contributed by atoms with Crippen molar-refractivity contribution in [1.82, 2.24) is 4.98 Å². The third-order valence-electron chi connectivity index (χ3n) is 2.75. The van der Waals surface area contributed by atoms with Gasteiger partial charge in [0.15, 0.2) is 0 Å². The molecule has 22 heavy (non-hydrogen) atoms. The molecule has 0 amide bonds. The van der Waals surface area contributed by atoms with Gasteiger partial charge in [-0.15, -0.1) is 0 Å². The van der Waals surface area contributed by atoms with Crippen LogP contribution in [0, 0.1) is 0 Å². The summed E-state index contributed by atoms with van der Waals surface area (Å²) in [6, 6.07) is 6.98. The number of halogens is 3. The summed E-state index contributed by atoms with van der Waals surface area (Å²) in [6.45, 7) is 0. The van der Waals surface area contributed by atoms with Crippen molar-refractivity contribution >= 4 is 15.7 Å². The molecular weight excluding hydrogens is 321 g/mol. The number of rotatable bonds is 4. The van der Waals surface area contributed by atoms with E-state index in [1.54, 1.807) is 0 Å². The third-order valence-corrected chi connectivity index (χ3v) is 3.97. The molecule has 0 fully saturated rings. The minimum atomic E-state index is -4.66. The SMILES string of the molecule is O=c1[nH]cccc1NS(=O)(=O)Cc1ccccc1C(F)(F)F. The largest absolute Gasteiger partial charge is 0.416 e. The van der Waals surface area contributed by atoms with Crippen molar-refractivity contribution < 1.29 is 21.6 Å². The van der Waals surface area contributed by atoms with Gasteiger partial charge in [-0.05, 0) is 23.8 Å². The highest BCUT2D eigenvalue weighted by Gasteiger charge is 2.34. The normalized spacial score (nSPS) is 12.1. The second kappa shape index (κ2) is 5.84. The predicted octanol–water partition coefficient (Wildman–Crippen LogP) is 2.34. The number of H-pyrrole nitrogens is 1. The number of nitrogens with one attached hydrogen (secondary N) is 2. The summed E-state index contributed by atoms with van der Waals surface area (Å²) < 4.78 is 64.4. The number of aromatic amines is 1. The van der Waals surface area contributed by atoms with Crippen molar-refractivity contribution in [2.45, 2.75) is 11.9 Å². The van der Waals surface area contributed by atoms with Crippen LogP contribution in [-0.4, -0.2) is 13.4 Å². The molecule has 0 saturated carbocycles. The summed E-state index contributed by atoms with van der Waals surface area (Å²) >= 11 is 0. The predicted molar refractivity (Wildman–Crippen MR) is 74.8 cm³/mol. The van der Waals surface area contributed by atoms with Gasteiger partial charge in [-0.25, -0.2) is 8.42 Å². The number of sulfonamides is 1. The monoisotopic (exact) mass is 332 g/mol. The number of anilines is 1. The fourth-order valence-corrected chi connectivity index (χ4v) is 3.06. The van der Waals surface area contributed by atoms with Crippen LogP contribution >= 0.6 is 0 Å². The maximum atomic E-state index is 12.8. The first-order chi connectivity index (χ1) is 10.2. The fraction of sp³-hybridized carbons (Fsp3) is 0.154. The number of pyridine rings is 1. The maximum absolute atomic E-state index is 12.8. The van der Waals surface area contributed by atoms with Gasteiger partial charge in [0, 0.05) is 6.20 Å². The Balaban J connectivity index is 2.31. The zero-order valence-electron chi connectivity index (χ0n) is 11.0. The number of alkyl halides is 3. The Morgan fingerprint density at radius 2 is 1.77 bits per heavy atom. The van der Waals surface area contributed by atoms with Crippen LogP contribution in [-0.2, 0) is 22.0 Å². The van der Waals surface area contributed by atoms with Gasteiger partial charge >= 0.3 is 6.18 Å². The minimum absolute atomic E-state index is 0.257. The summed E-state index contributed by atoms with van der Waals surface area (Å²) in [6.07, 6.45) is -3.35. The number of aromatic nitrogens is 1. The molecule has 1 aromatic heterocycles. The van der Waals surface area contributed by atoms with Crippen LogP contribution in [0.3, 0.4) is 0 Å². The van der Waals surface area contributed by atoms with Gasteiger partial charge in [-0.2, -0.15) is 13.2 Å². The first kappa shape index (κ1) is 16.1. The molecule has 0 radical (unpaired) electrons. The van der Waals surface area contributed by atoms with Crippen molar-refractivity contribution in [2.75, 3.05) is 4.72 Å². The van der Waals surface area contributed by atoms with Gasteiger partial charge in [0.2, 0.25) is 10.0 Å². The average Bonchev–Trinajstić information content (AvgIpc) is 2.40. The summed E-state index contributed by atoms with van der Waals surface area (Å²) in [5.41, 5.74) is -2.36. The van der Waals surface area contributed by atoms with E-state index in [2.05, 4.69) is 4.98 Å². The molecule has 0 aliphatic rings. The molecule has 0 bridgehead atoms. The van der Waals surface area contributed by atoms with Crippen molar-refractivity contribution in [2.24, 2.45) is 0 Å². The lowest BCUT2D eigenvalue weighted by Crippen LogP contribution is -2.22. The van der Waals surface area contributed by atoms with Crippen LogP contribution in [0.25, 0.3) is 0 Å². The molecule has 1 heterocycles. The lowest BCUT2D eigenvalue weighted by molar-refractivity contribution is -0.138. The van der Waals surface area contributed by atoms with Gasteiger partial charge in [0.1, 0.15) is 5.69 Å². The van der Waals surface area contributed by atoms with Crippen molar-refractivity contribution in [3.8, 4) is 0 Å².